The Balaban J connectivity index is 2.24. The second-order valence-corrected chi connectivity index (χ2v) is 5.67. The maximum atomic E-state index is 12.2. The van der Waals surface area contributed by atoms with Crippen LogP contribution in [0.1, 0.15) is 22.8 Å². The molecule has 3 aromatic rings. The zero-order valence-corrected chi connectivity index (χ0v) is 14.6. The van der Waals surface area contributed by atoms with E-state index in [1.165, 1.54) is 0 Å². The number of aromatic nitrogens is 1. The summed E-state index contributed by atoms with van der Waals surface area (Å²) in [5.41, 5.74) is 12.7. The fourth-order valence-electron chi connectivity index (χ4n) is 2.84. The smallest absolute Gasteiger partial charge is 0.280 e. The van der Waals surface area contributed by atoms with Crippen molar-refractivity contribution in [3.8, 4) is 23.1 Å². The maximum Gasteiger partial charge on any atom is 0.280 e. The normalized spacial score (nSPS) is 10.2. The second-order valence-electron chi connectivity index (χ2n) is 5.67. The molecule has 0 unspecified atom stereocenters. The Bertz CT molecular complexity index is 1100. The number of ether oxygens (including phenoxy) is 1. The lowest BCUT2D eigenvalue weighted by molar-refractivity contribution is 0.100. The number of rotatable bonds is 4. The molecule has 0 bridgehead atoms. The number of benzene rings is 2. The van der Waals surface area contributed by atoms with Crippen molar-refractivity contribution in [1.29, 1.82) is 5.26 Å². The van der Waals surface area contributed by atoms with E-state index in [1.807, 2.05) is 31.2 Å². The van der Waals surface area contributed by atoms with Gasteiger partial charge in [-0.1, -0.05) is 24.3 Å². The van der Waals surface area contributed by atoms with Gasteiger partial charge in [-0.2, -0.15) is 10.3 Å². The van der Waals surface area contributed by atoms with E-state index in [9.17, 15) is 10.1 Å². The molecule has 0 aliphatic rings. The molecule has 4 N–H and O–H groups in total. The van der Waals surface area contributed by atoms with Gasteiger partial charge in [0, 0.05) is 17.3 Å². The van der Waals surface area contributed by atoms with E-state index in [1.54, 1.807) is 24.4 Å². The summed E-state index contributed by atoms with van der Waals surface area (Å²) in [6, 6.07) is 14.8. The number of carbonyl (C=O) groups is 1. The minimum Gasteiger partial charge on any atom is -0.477 e. The van der Waals surface area contributed by atoms with Crippen LogP contribution in [0.25, 0.3) is 21.9 Å². The summed E-state index contributed by atoms with van der Waals surface area (Å²) < 4.78 is 5.47. The fraction of sp³-hybridized carbons (Fsp3) is 0.100. The predicted octanol–water partition coefficient (Wildman–Crippen LogP) is 2.59. The van der Waals surface area contributed by atoms with Crippen LogP contribution in [0.2, 0.25) is 0 Å². The van der Waals surface area contributed by atoms with E-state index >= 15 is 0 Å². The zero-order chi connectivity index (χ0) is 19.4. The summed E-state index contributed by atoms with van der Waals surface area (Å²) in [5.74, 6) is -0.546. The van der Waals surface area contributed by atoms with Crippen molar-refractivity contribution >= 4 is 22.6 Å². The number of guanidine groups is 1. The molecule has 0 saturated heterocycles. The standard InChI is InChI=1S/C20H17N5O2/c1-2-27-19-17(11-21)15(8-9-24-19)14-5-3-4-12-6-7-13(10-16(12)14)18(26)25-20(22)23/h3-10H,2H2,1H3,(H4,22,23,25,26). The summed E-state index contributed by atoms with van der Waals surface area (Å²) in [7, 11) is 0. The molecule has 1 aromatic heterocycles. The summed E-state index contributed by atoms with van der Waals surface area (Å²) in [4.78, 5) is 19.9. The molecule has 0 spiro atoms. The minimum absolute atomic E-state index is 0.280. The zero-order valence-electron chi connectivity index (χ0n) is 14.6. The summed E-state index contributed by atoms with van der Waals surface area (Å²) in [6.07, 6.45) is 1.59. The first kappa shape index (κ1) is 17.9. The van der Waals surface area contributed by atoms with Crippen molar-refractivity contribution in [2.24, 2.45) is 16.5 Å². The number of hydrogen-bond acceptors (Lipinski definition) is 4. The van der Waals surface area contributed by atoms with Gasteiger partial charge in [-0.15, -0.1) is 0 Å². The molecule has 0 aliphatic heterocycles. The van der Waals surface area contributed by atoms with E-state index in [0.29, 0.717) is 23.3 Å². The number of carbonyl (C=O) groups excluding carboxylic acids is 1. The molecular formula is C20H17N5O2. The van der Waals surface area contributed by atoms with Crippen molar-refractivity contribution in [1.82, 2.24) is 4.98 Å². The van der Waals surface area contributed by atoms with Gasteiger partial charge in [0.1, 0.15) is 11.6 Å². The third-order valence-electron chi connectivity index (χ3n) is 3.96. The first-order chi connectivity index (χ1) is 13.0. The van der Waals surface area contributed by atoms with Gasteiger partial charge in [-0.3, -0.25) is 4.79 Å². The molecule has 0 aliphatic carbocycles. The number of nitrogens with zero attached hydrogens (tertiary/aromatic N) is 3. The fourth-order valence-corrected chi connectivity index (χ4v) is 2.84. The lowest BCUT2D eigenvalue weighted by Crippen LogP contribution is -2.24. The molecule has 0 atom stereocenters. The number of pyridine rings is 1. The van der Waals surface area contributed by atoms with Gasteiger partial charge < -0.3 is 16.2 Å². The van der Waals surface area contributed by atoms with E-state index < -0.39 is 5.91 Å². The average Bonchev–Trinajstić information content (AvgIpc) is 2.66. The average molecular weight is 359 g/mol. The van der Waals surface area contributed by atoms with Gasteiger partial charge >= 0.3 is 0 Å². The SMILES string of the molecule is CCOc1nccc(-c2cccc3ccc(C(=O)N=C(N)N)cc23)c1C#N. The molecule has 2 aromatic carbocycles. The molecule has 1 amide bonds. The lowest BCUT2D eigenvalue weighted by Gasteiger charge is -2.12. The Morgan fingerprint density at radius 2 is 2.04 bits per heavy atom. The molecule has 0 radical (unpaired) electrons. The Labute approximate surface area is 155 Å². The lowest BCUT2D eigenvalue weighted by atomic mass is 9.94. The quantitative estimate of drug-likeness (QED) is 0.544. The number of fused-ring (bicyclic) bond motifs is 1. The number of aliphatic imine (C=N–C) groups is 1. The van der Waals surface area contributed by atoms with Gasteiger partial charge in [0.15, 0.2) is 5.96 Å². The first-order valence-electron chi connectivity index (χ1n) is 8.24. The number of hydrogen-bond donors (Lipinski definition) is 2. The van der Waals surface area contributed by atoms with E-state index in [4.69, 9.17) is 16.2 Å². The van der Waals surface area contributed by atoms with Crippen LogP contribution in [0.5, 0.6) is 5.88 Å². The Hall–Kier alpha value is -3.92. The van der Waals surface area contributed by atoms with Gasteiger partial charge in [-0.05, 0) is 41.5 Å². The van der Waals surface area contributed by atoms with E-state index in [0.717, 1.165) is 16.3 Å². The second kappa shape index (κ2) is 7.54. The van der Waals surface area contributed by atoms with Crippen molar-refractivity contribution in [3.63, 3.8) is 0 Å². The highest BCUT2D eigenvalue weighted by molar-refractivity contribution is 6.06. The van der Waals surface area contributed by atoms with Gasteiger partial charge in [-0.25, -0.2) is 4.98 Å². The highest BCUT2D eigenvalue weighted by Crippen LogP contribution is 2.34. The minimum atomic E-state index is -0.531. The van der Waals surface area contributed by atoms with Crippen LogP contribution in [-0.4, -0.2) is 23.5 Å². The monoisotopic (exact) mass is 359 g/mol. The number of nitriles is 1. The maximum absolute atomic E-state index is 12.2. The van der Waals surface area contributed by atoms with Crippen LogP contribution in [0.3, 0.4) is 0 Å². The van der Waals surface area contributed by atoms with Crippen LogP contribution < -0.4 is 16.2 Å². The van der Waals surface area contributed by atoms with Gasteiger partial charge in [0.25, 0.3) is 5.91 Å². The van der Waals surface area contributed by atoms with Crippen LogP contribution in [0, 0.1) is 11.3 Å². The summed E-state index contributed by atoms with van der Waals surface area (Å²) in [6.45, 7) is 2.23. The van der Waals surface area contributed by atoms with Gasteiger partial charge in [0.2, 0.25) is 5.88 Å². The van der Waals surface area contributed by atoms with Crippen molar-refractivity contribution in [2.75, 3.05) is 6.61 Å². The van der Waals surface area contributed by atoms with Crippen LogP contribution >= 0.6 is 0 Å². The molecule has 0 saturated carbocycles. The Morgan fingerprint density at radius 3 is 2.74 bits per heavy atom. The molecule has 1 heterocycles. The van der Waals surface area contributed by atoms with Crippen LogP contribution in [-0.2, 0) is 0 Å². The largest absolute Gasteiger partial charge is 0.477 e. The van der Waals surface area contributed by atoms with Crippen molar-refractivity contribution in [2.45, 2.75) is 6.92 Å². The third kappa shape index (κ3) is 3.55. The summed E-state index contributed by atoms with van der Waals surface area (Å²) >= 11 is 0. The Morgan fingerprint density at radius 1 is 1.22 bits per heavy atom. The van der Waals surface area contributed by atoms with Crippen LogP contribution in [0.4, 0.5) is 0 Å². The van der Waals surface area contributed by atoms with E-state index in [2.05, 4.69) is 16.0 Å². The number of nitrogens with two attached hydrogens (primary N) is 2. The first-order valence-corrected chi connectivity index (χ1v) is 8.24. The molecule has 7 nitrogen and oxygen atoms in total. The number of amides is 1. The molecule has 27 heavy (non-hydrogen) atoms. The van der Waals surface area contributed by atoms with Crippen molar-refractivity contribution in [3.05, 3.63) is 59.8 Å². The molecular weight excluding hydrogens is 342 g/mol. The van der Waals surface area contributed by atoms with Crippen LogP contribution in [0.15, 0.2) is 53.7 Å². The highest BCUT2D eigenvalue weighted by atomic mass is 16.5. The topological polar surface area (TPSA) is 127 Å². The molecule has 3 rings (SSSR count). The molecule has 0 fully saturated rings. The third-order valence-corrected chi connectivity index (χ3v) is 3.96. The Kier molecular flexibility index (Phi) is 4.99. The summed E-state index contributed by atoms with van der Waals surface area (Å²) in [5, 5.41) is 11.3. The predicted molar refractivity (Wildman–Crippen MR) is 103 cm³/mol. The molecule has 134 valence electrons. The molecule has 7 heteroatoms. The van der Waals surface area contributed by atoms with E-state index in [-0.39, 0.29) is 11.8 Å². The van der Waals surface area contributed by atoms with Gasteiger partial charge in [0.05, 0.1) is 6.61 Å². The highest BCUT2D eigenvalue weighted by Gasteiger charge is 2.15. The van der Waals surface area contributed by atoms with Crippen molar-refractivity contribution < 1.29 is 9.53 Å².